The van der Waals surface area contributed by atoms with Crippen LogP contribution in [0.15, 0.2) is 78.9 Å². The summed E-state index contributed by atoms with van der Waals surface area (Å²) >= 11 is 0. The SMILES string of the molecule is CN1CCCC(C(Oc2ccc3c(c2)CCC(c2ccccc2)O3)c2ccccc2)C1. The van der Waals surface area contributed by atoms with Gasteiger partial charge in [-0.2, -0.15) is 0 Å². The predicted octanol–water partition coefficient (Wildman–Crippen LogP) is 6.21. The molecule has 160 valence electrons. The quantitative estimate of drug-likeness (QED) is 0.496. The first-order valence-electron chi connectivity index (χ1n) is 11.5. The van der Waals surface area contributed by atoms with Gasteiger partial charge in [-0.1, -0.05) is 60.7 Å². The number of hydrogen-bond acceptors (Lipinski definition) is 3. The van der Waals surface area contributed by atoms with Gasteiger partial charge in [0.05, 0.1) is 0 Å². The lowest BCUT2D eigenvalue weighted by atomic mass is 9.88. The summed E-state index contributed by atoms with van der Waals surface area (Å²) in [5, 5.41) is 0. The molecule has 3 aromatic carbocycles. The van der Waals surface area contributed by atoms with E-state index < -0.39 is 0 Å². The van der Waals surface area contributed by atoms with Gasteiger partial charge in [0.15, 0.2) is 0 Å². The number of nitrogens with zero attached hydrogens (tertiary/aromatic N) is 1. The number of piperidine rings is 1. The highest BCUT2D eigenvalue weighted by Crippen LogP contribution is 2.39. The Morgan fingerprint density at radius 1 is 0.935 bits per heavy atom. The minimum atomic E-state index is 0.0728. The van der Waals surface area contributed by atoms with Gasteiger partial charge in [-0.25, -0.2) is 0 Å². The van der Waals surface area contributed by atoms with Crippen LogP contribution >= 0.6 is 0 Å². The summed E-state index contributed by atoms with van der Waals surface area (Å²) in [4.78, 5) is 2.43. The maximum Gasteiger partial charge on any atom is 0.128 e. The third kappa shape index (κ3) is 4.62. The van der Waals surface area contributed by atoms with Crippen molar-refractivity contribution in [1.82, 2.24) is 4.90 Å². The van der Waals surface area contributed by atoms with Crippen LogP contribution in [0.1, 0.15) is 48.2 Å². The maximum absolute atomic E-state index is 6.68. The first-order chi connectivity index (χ1) is 15.3. The molecule has 31 heavy (non-hydrogen) atoms. The fraction of sp³-hybridized carbons (Fsp3) is 0.357. The fourth-order valence-electron chi connectivity index (χ4n) is 5.02. The second-order valence-electron chi connectivity index (χ2n) is 8.94. The number of fused-ring (bicyclic) bond motifs is 1. The Labute approximate surface area is 185 Å². The molecule has 2 aliphatic heterocycles. The van der Waals surface area contributed by atoms with Crippen LogP contribution in [0.25, 0.3) is 0 Å². The molecule has 2 heterocycles. The van der Waals surface area contributed by atoms with E-state index in [4.69, 9.17) is 9.47 Å². The van der Waals surface area contributed by atoms with Crippen molar-refractivity contribution in [2.45, 2.75) is 37.9 Å². The van der Waals surface area contributed by atoms with E-state index in [2.05, 4.69) is 90.8 Å². The van der Waals surface area contributed by atoms with Gasteiger partial charge in [0, 0.05) is 12.5 Å². The molecule has 0 amide bonds. The van der Waals surface area contributed by atoms with Crippen molar-refractivity contribution in [3.8, 4) is 11.5 Å². The Kier molecular flexibility index (Phi) is 5.95. The highest BCUT2D eigenvalue weighted by Gasteiger charge is 2.29. The summed E-state index contributed by atoms with van der Waals surface area (Å²) in [7, 11) is 2.22. The smallest absolute Gasteiger partial charge is 0.128 e. The van der Waals surface area contributed by atoms with E-state index in [1.807, 2.05) is 0 Å². The van der Waals surface area contributed by atoms with Crippen molar-refractivity contribution in [2.75, 3.05) is 20.1 Å². The molecule has 3 nitrogen and oxygen atoms in total. The minimum absolute atomic E-state index is 0.0728. The third-order valence-corrected chi connectivity index (χ3v) is 6.63. The van der Waals surface area contributed by atoms with Crippen LogP contribution < -0.4 is 9.47 Å². The van der Waals surface area contributed by atoms with Gasteiger partial charge in [0.25, 0.3) is 0 Å². The molecule has 3 unspecified atom stereocenters. The number of rotatable bonds is 5. The zero-order valence-corrected chi connectivity index (χ0v) is 18.2. The highest BCUT2D eigenvalue weighted by atomic mass is 16.5. The minimum Gasteiger partial charge on any atom is -0.485 e. The largest absolute Gasteiger partial charge is 0.485 e. The summed E-state index contributed by atoms with van der Waals surface area (Å²) in [6, 6.07) is 27.6. The molecule has 0 bridgehead atoms. The van der Waals surface area contributed by atoms with Crippen LogP contribution in [-0.4, -0.2) is 25.0 Å². The van der Waals surface area contributed by atoms with Crippen LogP contribution in [0, 0.1) is 5.92 Å². The molecule has 0 radical (unpaired) electrons. The summed E-state index contributed by atoms with van der Waals surface area (Å²) < 4.78 is 13.0. The Morgan fingerprint density at radius 2 is 1.71 bits per heavy atom. The zero-order chi connectivity index (χ0) is 21.0. The molecule has 0 aliphatic carbocycles. The molecule has 1 fully saturated rings. The van der Waals surface area contributed by atoms with Gasteiger partial charge in [0.1, 0.15) is 23.7 Å². The first kappa shape index (κ1) is 20.1. The topological polar surface area (TPSA) is 21.7 Å². The third-order valence-electron chi connectivity index (χ3n) is 6.63. The lowest BCUT2D eigenvalue weighted by Gasteiger charge is -2.35. The molecule has 5 rings (SSSR count). The van der Waals surface area contributed by atoms with Crippen molar-refractivity contribution in [3.05, 3.63) is 95.6 Å². The Bertz CT molecular complexity index is 988. The lowest BCUT2D eigenvalue weighted by molar-refractivity contribution is 0.0773. The molecule has 1 saturated heterocycles. The molecule has 3 atom stereocenters. The summed E-state index contributed by atoms with van der Waals surface area (Å²) in [5.74, 6) is 2.43. The molecular formula is C28H31NO2. The van der Waals surface area contributed by atoms with Crippen LogP contribution in [-0.2, 0) is 6.42 Å². The van der Waals surface area contributed by atoms with Gasteiger partial charge in [-0.3, -0.25) is 0 Å². The van der Waals surface area contributed by atoms with E-state index in [1.54, 1.807) is 0 Å². The molecule has 0 saturated carbocycles. The zero-order valence-electron chi connectivity index (χ0n) is 18.2. The van der Waals surface area contributed by atoms with Crippen molar-refractivity contribution in [2.24, 2.45) is 5.92 Å². The van der Waals surface area contributed by atoms with Gasteiger partial charge in [-0.05, 0) is 74.2 Å². The predicted molar refractivity (Wildman–Crippen MR) is 125 cm³/mol. The van der Waals surface area contributed by atoms with E-state index >= 15 is 0 Å². The molecular weight excluding hydrogens is 382 g/mol. The maximum atomic E-state index is 6.68. The second kappa shape index (κ2) is 9.15. The summed E-state index contributed by atoms with van der Waals surface area (Å²) in [6.07, 6.45) is 4.65. The van der Waals surface area contributed by atoms with Crippen LogP contribution in [0.2, 0.25) is 0 Å². The van der Waals surface area contributed by atoms with E-state index in [0.717, 1.165) is 30.9 Å². The van der Waals surface area contributed by atoms with Crippen molar-refractivity contribution < 1.29 is 9.47 Å². The number of benzene rings is 3. The molecule has 2 aliphatic rings. The average molecular weight is 414 g/mol. The van der Waals surface area contributed by atoms with Gasteiger partial charge in [-0.15, -0.1) is 0 Å². The van der Waals surface area contributed by atoms with Crippen LogP contribution in [0.4, 0.5) is 0 Å². The Balaban J connectivity index is 1.36. The van der Waals surface area contributed by atoms with Gasteiger partial charge in [0.2, 0.25) is 0 Å². The second-order valence-corrected chi connectivity index (χ2v) is 8.94. The molecule has 0 N–H and O–H groups in total. The van der Waals surface area contributed by atoms with Crippen LogP contribution in [0.3, 0.4) is 0 Å². The van der Waals surface area contributed by atoms with E-state index in [1.165, 1.54) is 36.1 Å². The number of aryl methyl sites for hydroxylation is 1. The van der Waals surface area contributed by atoms with Crippen molar-refractivity contribution in [1.29, 1.82) is 0 Å². The average Bonchev–Trinajstić information content (AvgIpc) is 2.83. The summed E-state index contributed by atoms with van der Waals surface area (Å²) in [6.45, 7) is 2.25. The molecule has 0 aromatic heterocycles. The monoisotopic (exact) mass is 413 g/mol. The van der Waals surface area contributed by atoms with Gasteiger partial charge >= 0.3 is 0 Å². The molecule has 3 aromatic rings. The van der Waals surface area contributed by atoms with Crippen molar-refractivity contribution in [3.63, 3.8) is 0 Å². The van der Waals surface area contributed by atoms with Crippen molar-refractivity contribution >= 4 is 0 Å². The molecule has 0 spiro atoms. The van der Waals surface area contributed by atoms with E-state index in [9.17, 15) is 0 Å². The highest BCUT2D eigenvalue weighted by molar-refractivity contribution is 5.43. The van der Waals surface area contributed by atoms with E-state index in [0.29, 0.717) is 5.92 Å². The Hall–Kier alpha value is -2.78. The normalized spacial score (nSPS) is 22.2. The number of hydrogen-bond donors (Lipinski definition) is 0. The number of ether oxygens (including phenoxy) is 2. The van der Waals surface area contributed by atoms with Crippen LogP contribution in [0.5, 0.6) is 11.5 Å². The lowest BCUT2D eigenvalue weighted by Crippen LogP contribution is -2.36. The molecule has 3 heteroatoms. The number of likely N-dealkylation sites (tertiary alicyclic amines) is 1. The standard InChI is InChI=1S/C28H31NO2/c1-29-18-8-13-24(20-29)28(22-11-6-3-7-12-22)30-25-15-17-27-23(19-25)14-16-26(31-27)21-9-4-2-5-10-21/h2-7,9-12,15,17,19,24,26,28H,8,13-14,16,18,20H2,1H3. The summed E-state index contributed by atoms with van der Waals surface area (Å²) in [5.41, 5.74) is 3.76. The van der Waals surface area contributed by atoms with E-state index in [-0.39, 0.29) is 12.2 Å². The Morgan fingerprint density at radius 3 is 2.48 bits per heavy atom. The fourth-order valence-corrected chi connectivity index (χ4v) is 5.02. The van der Waals surface area contributed by atoms with Gasteiger partial charge < -0.3 is 14.4 Å². The first-order valence-corrected chi connectivity index (χ1v) is 11.5.